The van der Waals surface area contributed by atoms with Crippen molar-refractivity contribution in [2.75, 3.05) is 0 Å². The van der Waals surface area contributed by atoms with Crippen LogP contribution >= 0.6 is 0 Å². The molecule has 0 radical (unpaired) electrons. The Bertz CT molecular complexity index is 706. The third-order valence-electron chi connectivity index (χ3n) is 2.59. The van der Waals surface area contributed by atoms with E-state index in [2.05, 4.69) is 9.97 Å². The number of carbonyl (C=O) groups excluding carboxylic acids is 3. The van der Waals surface area contributed by atoms with Gasteiger partial charge in [-0.25, -0.2) is 4.98 Å². The molecule has 2 heterocycles. The molecule has 8 heteroatoms. The summed E-state index contributed by atoms with van der Waals surface area (Å²) in [7, 11) is 0. The van der Waals surface area contributed by atoms with E-state index >= 15 is 0 Å². The molecule has 0 spiro atoms. The monoisotopic (exact) mass is 291 g/mol. The van der Waals surface area contributed by atoms with Gasteiger partial charge in [-0.15, -0.1) is 0 Å². The normalized spacial score (nSPS) is 10.7. The topological polar surface area (TPSA) is 100 Å². The van der Waals surface area contributed by atoms with Crippen LogP contribution in [-0.2, 0) is 19.1 Å². The molecular formula is C13H13N3O5. The van der Waals surface area contributed by atoms with Crippen LogP contribution < -0.4 is 0 Å². The zero-order valence-corrected chi connectivity index (χ0v) is 11.7. The molecule has 0 aromatic carbocycles. The van der Waals surface area contributed by atoms with Crippen molar-refractivity contribution in [2.45, 2.75) is 27.1 Å². The number of aromatic nitrogens is 3. The van der Waals surface area contributed by atoms with Gasteiger partial charge in [-0.2, -0.15) is 0 Å². The lowest BCUT2D eigenvalue weighted by Gasteiger charge is -2.15. The van der Waals surface area contributed by atoms with Crippen LogP contribution in [-0.4, -0.2) is 32.4 Å². The molecule has 0 atom stereocenters. The molecule has 0 saturated carbocycles. The Morgan fingerprint density at radius 2 is 1.62 bits per heavy atom. The lowest BCUT2D eigenvalue weighted by atomic mass is 10.3. The Hall–Kier alpha value is -2.77. The fraction of sp³-hybridized carbons (Fsp3) is 0.308. The number of nitrogens with zero attached hydrogens (tertiary/aromatic N) is 3. The molecule has 0 aliphatic carbocycles. The Morgan fingerprint density at radius 1 is 1.05 bits per heavy atom. The molecule has 0 aliphatic heterocycles. The summed E-state index contributed by atoms with van der Waals surface area (Å²) in [6, 6.07) is 0. The molecule has 0 unspecified atom stereocenters. The third-order valence-corrected chi connectivity index (χ3v) is 2.59. The first-order valence-corrected chi connectivity index (χ1v) is 6.07. The van der Waals surface area contributed by atoms with Crippen molar-refractivity contribution in [1.29, 1.82) is 0 Å². The van der Waals surface area contributed by atoms with Gasteiger partial charge in [0.1, 0.15) is 5.52 Å². The van der Waals surface area contributed by atoms with E-state index in [-0.39, 0.29) is 11.5 Å². The molecule has 0 aliphatic rings. The molecular weight excluding hydrogens is 278 g/mol. The van der Waals surface area contributed by atoms with Crippen molar-refractivity contribution < 1.29 is 23.9 Å². The summed E-state index contributed by atoms with van der Waals surface area (Å²) in [5.41, 5.74) is 0.892. The second-order valence-electron chi connectivity index (χ2n) is 4.25. The Morgan fingerprint density at radius 3 is 2.14 bits per heavy atom. The van der Waals surface area contributed by atoms with Gasteiger partial charge in [-0.3, -0.25) is 23.9 Å². The zero-order chi connectivity index (χ0) is 15.6. The summed E-state index contributed by atoms with van der Waals surface area (Å²) < 4.78 is 11.2. The van der Waals surface area contributed by atoms with E-state index < -0.39 is 18.2 Å². The predicted molar refractivity (Wildman–Crippen MR) is 70.1 cm³/mol. The highest BCUT2D eigenvalue weighted by molar-refractivity contribution is 5.89. The Kier molecular flexibility index (Phi) is 3.97. The maximum Gasteiger partial charge on any atom is 0.305 e. The van der Waals surface area contributed by atoms with Crippen LogP contribution in [0.5, 0.6) is 0 Å². The zero-order valence-electron chi connectivity index (χ0n) is 11.7. The summed E-state index contributed by atoms with van der Waals surface area (Å²) in [5.74, 6) is -1.56. The molecule has 0 bridgehead atoms. The van der Waals surface area contributed by atoms with Gasteiger partial charge in [0.2, 0.25) is 5.91 Å². The summed E-state index contributed by atoms with van der Waals surface area (Å²) in [4.78, 5) is 42.1. The molecule has 21 heavy (non-hydrogen) atoms. The van der Waals surface area contributed by atoms with Crippen LogP contribution in [0.25, 0.3) is 11.2 Å². The molecule has 2 aromatic rings. The van der Waals surface area contributed by atoms with Crippen molar-refractivity contribution in [2.24, 2.45) is 0 Å². The lowest BCUT2D eigenvalue weighted by Crippen LogP contribution is -2.15. The van der Waals surface area contributed by atoms with Crippen LogP contribution in [0.2, 0.25) is 0 Å². The number of carbonyl (C=O) groups is 3. The Balaban J connectivity index is 2.59. The average Bonchev–Trinajstić information content (AvgIpc) is 2.76. The van der Waals surface area contributed by atoms with E-state index in [0.29, 0.717) is 11.2 Å². The van der Waals surface area contributed by atoms with E-state index in [0.717, 1.165) is 0 Å². The van der Waals surface area contributed by atoms with Gasteiger partial charge in [-0.1, -0.05) is 0 Å². The molecule has 2 aromatic heterocycles. The van der Waals surface area contributed by atoms with Crippen LogP contribution in [0.4, 0.5) is 0 Å². The van der Waals surface area contributed by atoms with E-state index in [1.54, 1.807) is 0 Å². The van der Waals surface area contributed by atoms with E-state index in [1.165, 1.54) is 43.9 Å². The summed E-state index contributed by atoms with van der Waals surface area (Å²) in [5, 5.41) is 0. The average molecular weight is 291 g/mol. The van der Waals surface area contributed by atoms with Crippen molar-refractivity contribution in [1.82, 2.24) is 14.5 Å². The Labute approximate surface area is 119 Å². The highest BCUT2D eigenvalue weighted by Crippen LogP contribution is 2.27. The third kappa shape index (κ3) is 3.04. The quantitative estimate of drug-likeness (QED) is 0.619. The second kappa shape index (κ2) is 5.70. The molecule has 0 saturated heterocycles. The molecule has 2 rings (SSSR count). The first-order chi connectivity index (χ1) is 9.90. The van der Waals surface area contributed by atoms with E-state index in [4.69, 9.17) is 9.47 Å². The molecule has 0 fully saturated rings. The van der Waals surface area contributed by atoms with Gasteiger partial charge in [0.25, 0.3) is 6.29 Å². The van der Waals surface area contributed by atoms with Gasteiger partial charge in [0.05, 0.1) is 5.56 Å². The van der Waals surface area contributed by atoms with Gasteiger partial charge in [0, 0.05) is 39.4 Å². The summed E-state index contributed by atoms with van der Waals surface area (Å²) in [6.07, 6.45) is 2.97. The van der Waals surface area contributed by atoms with E-state index in [9.17, 15) is 14.4 Å². The molecule has 0 amide bonds. The fourth-order valence-electron chi connectivity index (χ4n) is 1.84. The van der Waals surface area contributed by atoms with Crippen molar-refractivity contribution >= 4 is 29.0 Å². The maximum absolute atomic E-state index is 11.6. The highest BCUT2D eigenvalue weighted by Gasteiger charge is 2.25. The molecule has 0 N–H and O–H groups in total. The van der Waals surface area contributed by atoms with Crippen LogP contribution in [0, 0.1) is 0 Å². The number of hydrogen-bond donors (Lipinski definition) is 0. The number of rotatable bonds is 3. The SMILES string of the molecule is CC(=O)OC(OC(C)=O)c1cn(C(C)=O)c2nccnc12. The molecule has 110 valence electrons. The highest BCUT2D eigenvalue weighted by atomic mass is 16.7. The predicted octanol–water partition coefficient (Wildman–Crippen LogP) is 1.22. The number of esters is 2. The number of hydrogen-bond acceptors (Lipinski definition) is 7. The van der Waals surface area contributed by atoms with Gasteiger partial charge < -0.3 is 9.47 Å². The minimum absolute atomic E-state index is 0.277. The lowest BCUT2D eigenvalue weighted by molar-refractivity contribution is -0.186. The first-order valence-electron chi connectivity index (χ1n) is 6.07. The van der Waals surface area contributed by atoms with Crippen molar-refractivity contribution in [3.63, 3.8) is 0 Å². The number of fused-ring (bicyclic) bond motifs is 1. The van der Waals surface area contributed by atoms with Gasteiger partial charge in [-0.05, 0) is 0 Å². The first kappa shape index (κ1) is 14.6. The largest absolute Gasteiger partial charge is 0.421 e. The van der Waals surface area contributed by atoms with Crippen LogP contribution in [0.15, 0.2) is 18.6 Å². The smallest absolute Gasteiger partial charge is 0.305 e. The van der Waals surface area contributed by atoms with Crippen molar-refractivity contribution in [3.8, 4) is 0 Å². The fourth-order valence-corrected chi connectivity index (χ4v) is 1.84. The summed E-state index contributed by atoms with van der Waals surface area (Å²) >= 11 is 0. The van der Waals surface area contributed by atoms with Crippen LogP contribution in [0.3, 0.4) is 0 Å². The number of ether oxygens (including phenoxy) is 2. The van der Waals surface area contributed by atoms with Crippen LogP contribution in [0.1, 0.15) is 37.4 Å². The van der Waals surface area contributed by atoms with Gasteiger partial charge >= 0.3 is 11.9 Å². The molecule has 8 nitrogen and oxygen atoms in total. The van der Waals surface area contributed by atoms with Crippen molar-refractivity contribution in [3.05, 3.63) is 24.2 Å². The van der Waals surface area contributed by atoms with Gasteiger partial charge in [0.15, 0.2) is 5.65 Å². The second-order valence-corrected chi connectivity index (χ2v) is 4.25. The maximum atomic E-state index is 11.6. The van der Waals surface area contributed by atoms with E-state index in [1.807, 2.05) is 0 Å². The summed E-state index contributed by atoms with van der Waals surface area (Å²) in [6.45, 7) is 3.73. The standard InChI is InChI=1S/C13H13N3O5/c1-7(17)16-6-10(11-12(16)15-5-4-14-11)13(20-8(2)18)21-9(3)19/h4-6,13H,1-3H3. The minimum Gasteiger partial charge on any atom is -0.421 e. The minimum atomic E-state index is -1.28.